The molecule has 0 fully saturated rings. The highest BCUT2D eigenvalue weighted by Crippen LogP contribution is 2.25. The van der Waals surface area contributed by atoms with E-state index in [1.807, 2.05) is 18.2 Å². The number of methoxy groups -OCH3 is 2. The van der Waals surface area contributed by atoms with Gasteiger partial charge in [0.15, 0.2) is 0 Å². The smallest absolute Gasteiger partial charge is 0.232 e. The average molecular weight is 260 g/mol. The number of carbonyl (C=O) groups excluding carboxylic acids is 1. The van der Waals surface area contributed by atoms with Crippen LogP contribution in [0.2, 0.25) is 0 Å². The van der Waals surface area contributed by atoms with Crippen molar-refractivity contribution in [3.05, 3.63) is 42.5 Å². The normalized spacial score (nSPS) is 10.2. The molecule has 0 saturated heterocycles. The Morgan fingerprint density at radius 2 is 2.16 bits per heavy atom. The first kappa shape index (κ1) is 13.1. The molecule has 0 saturated carbocycles. The highest BCUT2D eigenvalue weighted by Gasteiger charge is 2.09. The van der Waals surface area contributed by atoms with Crippen molar-refractivity contribution in [1.29, 1.82) is 0 Å². The van der Waals surface area contributed by atoms with E-state index in [1.165, 1.54) is 10.9 Å². The Bertz CT molecular complexity index is 550. The summed E-state index contributed by atoms with van der Waals surface area (Å²) in [6, 6.07) is 5.57. The summed E-state index contributed by atoms with van der Waals surface area (Å²) in [6.07, 6.45) is 5.72. The first-order chi connectivity index (χ1) is 9.24. The van der Waals surface area contributed by atoms with Crippen LogP contribution in [0.15, 0.2) is 36.9 Å². The summed E-state index contributed by atoms with van der Waals surface area (Å²) < 4.78 is 11.9. The maximum atomic E-state index is 11.9. The molecule has 0 aliphatic rings. The van der Waals surface area contributed by atoms with Crippen molar-refractivity contribution in [3.8, 4) is 11.5 Å². The second-order valence-electron chi connectivity index (χ2n) is 4.04. The van der Waals surface area contributed by atoms with Crippen LogP contribution in [0.3, 0.4) is 0 Å². The number of benzene rings is 1. The van der Waals surface area contributed by atoms with Gasteiger partial charge in [0.25, 0.3) is 0 Å². The third kappa shape index (κ3) is 3.13. The molecule has 0 radical (unpaired) electrons. The monoisotopic (exact) mass is 260 g/mol. The molecule has 0 amide bonds. The fourth-order valence-corrected chi connectivity index (χ4v) is 1.85. The van der Waals surface area contributed by atoms with Crippen molar-refractivity contribution in [2.75, 3.05) is 14.2 Å². The third-order valence-electron chi connectivity index (χ3n) is 2.89. The minimum atomic E-state index is 0.00220. The van der Waals surface area contributed by atoms with Crippen molar-refractivity contribution in [3.63, 3.8) is 0 Å². The van der Waals surface area contributed by atoms with Crippen molar-refractivity contribution >= 4 is 5.91 Å². The summed E-state index contributed by atoms with van der Waals surface area (Å²) in [5.41, 5.74) is 0.954. The Hall–Kier alpha value is -2.30. The number of nitrogens with zero attached hydrogens (tertiary/aromatic N) is 2. The highest BCUT2D eigenvalue weighted by atomic mass is 16.5. The summed E-state index contributed by atoms with van der Waals surface area (Å²) in [5.74, 6) is 1.52. The van der Waals surface area contributed by atoms with E-state index in [4.69, 9.17) is 9.47 Å². The quantitative estimate of drug-likeness (QED) is 0.826. The molecular formula is C14H16N2O3. The molecule has 2 aromatic rings. The van der Waals surface area contributed by atoms with Gasteiger partial charge in [0, 0.05) is 18.8 Å². The standard InChI is InChI=1S/C14H16N2O3/c1-18-12-4-5-13(19-2)11(9-12)3-6-14(17)16-8-7-15-10-16/h4-5,7-10H,3,6H2,1-2H3. The lowest BCUT2D eigenvalue weighted by Gasteiger charge is -2.10. The second-order valence-corrected chi connectivity index (χ2v) is 4.04. The largest absolute Gasteiger partial charge is 0.497 e. The molecule has 100 valence electrons. The predicted octanol–water partition coefficient (Wildman–Crippen LogP) is 2.17. The number of hydrogen-bond donors (Lipinski definition) is 0. The van der Waals surface area contributed by atoms with E-state index in [0.717, 1.165) is 17.1 Å². The zero-order valence-electron chi connectivity index (χ0n) is 11.0. The van der Waals surface area contributed by atoms with E-state index in [1.54, 1.807) is 26.6 Å². The van der Waals surface area contributed by atoms with Crippen LogP contribution in [0.25, 0.3) is 0 Å². The Labute approximate surface area is 111 Å². The van der Waals surface area contributed by atoms with Crippen LogP contribution in [0.4, 0.5) is 0 Å². The number of imidazole rings is 1. The highest BCUT2D eigenvalue weighted by molar-refractivity contribution is 5.78. The number of aromatic nitrogens is 2. The molecule has 19 heavy (non-hydrogen) atoms. The minimum Gasteiger partial charge on any atom is -0.497 e. The summed E-state index contributed by atoms with van der Waals surface area (Å²) in [4.78, 5) is 15.7. The minimum absolute atomic E-state index is 0.00220. The van der Waals surface area contributed by atoms with Gasteiger partial charge in [-0.15, -0.1) is 0 Å². The molecular weight excluding hydrogens is 244 g/mol. The summed E-state index contributed by atoms with van der Waals surface area (Å²) in [6.45, 7) is 0. The van der Waals surface area contributed by atoms with Crippen LogP contribution in [0.5, 0.6) is 11.5 Å². The van der Waals surface area contributed by atoms with Crippen LogP contribution in [0, 0.1) is 0 Å². The fourth-order valence-electron chi connectivity index (χ4n) is 1.85. The van der Waals surface area contributed by atoms with E-state index >= 15 is 0 Å². The van der Waals surface area contributed by atoms with E-state index in [-0.39, 0.29) is 5.91 Å². The van der Waals surface area contributed by atoms with Gasteiger partial charge in [-0.25, -0.2) is 4.98 Å². The van der Waals surface area contributed by atoms with Gasteiger partial charge in [0.2, 0.25) is 5.91 Å². The molecule has 0 atom stereocenters. The number of aryl methyl sites for hydroxylation is 1. The zero-order chi connectivity index (χ0) is 13.7. The molecule has 1 aromatic carbocycles. The van der Waals surface area contributed by atoms with E-state index in [2.05, 4.69) is 4.98 Å². The Morgan fingerprint density at radius 1 is 1.32 bits per heavy atom. The molecule has 5 heteroatoms. The maximum absolute atomic E-state index is 11.9. The summed E-state index contributed by atoms with van der Waals surface area (Å²) in [5, 5.41) is 0. The van der Waals surface area contributed by atoms with Crippen molar-refractivity contribution < 1.29 is 14.3 Å². The van der Waals surface area contributed by atoms with E-state index in [0.29, 0.717) is 12.8 Å². The zero-order valence-corrected chi connectivity index (χ0v) is 11.0. The first-order valence-corrected chi connectivity index (χ1v) is 5.96. The lowest BCUT2D eigenvalue weighted by atomic mass is 10.1. The molecule has 1 aromatic heterocycles. The molecule has 2 rings (SSSR count). The van der Waals surface area contributed by atoms with Crippen molar-refractivity contribution in [1.82, 2.24) is 9.55 Å². The SMILES string of the molecule is COc1ccc(OC)c(CCC(=O)n2ccnc2)c1. The number of rotatable bonds is 5. The van der Waals surface area contributed by atoms with E-state index < -0.39 is 0 Å². The molecule has 5 nitrogen and oxygen atoms in total. The van der Waals surface area contributed by atoms with Gasteiger partial charge < -0.3 is 9.47 Å². The number of hydrogen-bond acceptors (Lipinski definition) is 4. The van der Waals surface area contributed by atoms with Gasteiger partial charge in [0.05, 0.1) is 14.2 Å². The van der Waals surface area contributed by atoms with E-state index in [9.17, 15) is 4.79 Å². The van der Waals surface area contributed by atoms with Gasteiger partial charge in [-0.2, -0.15) is 0 Å². The fraction of sp³-hybridized carbons (Fsp3) is 0.286. The third-order valence-corrected chi connectivity index (χ3v) is 2.89. The number of ether oxygens (including phenoxy) is 2. The van der Waals surface area contributed by atoms with Crippen LogP contribution >= 0.6 is 0 Å². The van der Waals surface area contributed by atoms with Crippen LogP contribution in [-0.4, -0.2) is 29.7 Å². The summed E-state index contributed by atoms with van der Waals surface area (Å²) >= 11 is 0. The van der Waals surface area contributed by atoms with Crippen molar-refractivity contribution in [2.24, 2.45) is 0 Å². The number of carbonyl (C=O) groups is 1. The lowest BCUT2D eigenvalue weighted by molar-refractivity contribution is 0.0902. The maximum Gasteiger partial charge on any atom is 0.232 e. The predicted molar refractivity (Wildman–Crippen MR) is 70.7 cm³/mol. The topological polar surface area (TPSA) is 53.4 Å². The molecule has 0 spiro atoms. The Morgan fingerprint density at radius 3 is 2.79 bits per heavy atom. The molecule has 0 bridgehead atoms. The molecule has 0 N–H and O–H groups in total. The molecule has 1 heterocycles. The van der Waals surface area contributed by atoms with Gasteiger partial charge in [0.1, 0.15) is 17.8 Å². The average Bonchev–Trinajstić information content (AvgIpc) is 2.98. The van der Waals surface area contributed by atoms with Gasteiger partial charge >= 0.3 is 0 Å². The van der Waals surface area contributed by atoms with Crippen LogP contribution < -0.4 is 9.47 Å². The Kier molecular flexibility index (Phi) is 4.18. The van der Waals surface area contributed by atoms with Crippen LogP contribution in [-0.2, 0) is 6.42 Å². The van der Waals surface area contributed by atoms with Crippen LogP contribution in [0.1, 0.15) is 16.8 Å². The van der Waals surface area contributed by atoms with Gasteiger partial charge in [-0.3, -0.25) is 9.36 Å². The van der Waals surface area contributed by atoms with Crippen molar-refractivity contribution in [2.45, 2.75) is 12.8 Å². The Balaban J connectivity index is 2.08. The second kappa shape index (κ2) is 6.04. The first-order valence-electron chi connectivity index (χ1n) is 5.96. The molecule has 0 unspecified atom stereocenters. The van der Waals surface area contributed by atoms with Gasteiger partial charge in [-0.05, 0) is 30.2 Å². The summed E-state index contributed by atoms with van der Waals surface area (Å²) in [7, 11) is 3.23. The van der Waals surface area contributed by atoms with Gasteiger partial charge in [-0.1, -0.05) is 0 Å². The molecule has 0 aliphatic heterocycles. The lowest BCUT2D eigenvalue weighted by Crippen LogP contribution is -2.09. The molecule has 0 aliphatic carbocycles.